The predicted octanol–water partition coefficient (Wildman–Crippen LogP) is 3.60. The highest BCUT2D eigenvalue weighted by Crippen LogP contribution is 2.28. The second kappa shape index (κ2) is 6.86. The van der Waals surface area contributed by atoms with Crippen LogP contribution in [0.25, 0.3) is 16.6 Å². The zero-order chi connectivity index (χ0) is 19.0. The molecule has 0 aliphatic rings. The Hall–Kier alpha value is -2.77. The van der Waals surface area contributed by atoms with Crippen molar-refractivity contribution in [3.63, 3.8) is 0 Å². The fourth-order valence-corrected chi connectivity index (χ4v) is 3.12. The van der Waals surface area contributed by atoms with E-state index >= 15 is 0 Å². The van der Waals surface area contributed by atoms with Crippen molar-refractivity contribution in [2.75, 3.05) is 5.73 Å². The zero-order valence-corrected chi connectivity index (χ0v) is 15.0. The minimum absolute atomic E-state index is 0.146. The first kappa shape index (κ1) is 18.0. The summed E-state index contributed by atoms with van der Waals surface area (Å²) in [5.41, 5.74) is 6.44. The first-order chi connectivity index (χ1) is 12.3. The van der Waals surface area contributed by atoms with Gasteiger partial charge in [0.1, 0.15) is 5.82 Å². The number of aromatic nitrogens is 2. The molecule has 7 nitrogen and oxygen atoms in total. The standard InChI is InChI=1S/C17H14Cl2N4O3/c1-8(21-17(25)26)15-22-14-12(19)6-5-11(18)13(14)16(24)23(15)10-4-2-3-9(20)7-10/h2-8,21H,20H2,1H3,(H,25,26). The lowest BCUT2D eigenvalue weighted by Crippen LogP contribution is -2.32. The molecule has 3 rings (SSSR count). The lowest BCUT2D eigenvalue weighted by Gasteiger charge is -2.19. The highest BCUT2D eigenvalue weighted by atomic mass is 35.5. The number of nitrogens with one attached hydrogen (secondary N) is 1. The summed E-state index contributed by atoms with van der Waals surface area (Å²) in [7, 11) is 0. The van der Waals surface area contributed by atoms with Gasteiger partial charge in [0, 0.05) is 5.69 Å². The highest BCUT2D eigenvalue weighted by Gasteiger charge is 2.21. The topological polar surface area (TPSA) is 110 Å². The van der Waals surface area contributed by atoms with Gasteiger partial charge in [0.2, 0.25) is 0 Å². The predicted molar refractivity (Wildman–Crippen MR) is 101 cm³/mol. The van der Waals surface area contributed by atoms with E-state index in [4.69, 9.17) is 34.0 Å². The smallest absolute Gasteiger partial charge is 0.405 e. The molecule has 0 saturated carbocycles. The number of carbonyl (C=O) groups is 1. The first-order valence-corrected chi connectivity index (χ1v) is 8.31. The fourth-order valence-electron chi connectivity index (χ4n) is 2.69. The summed E-state index contributed by atoms with van der Waals surface area (Å²) in [5.74, 6) is 0.166. The number of amides is 1. The molecule has 1 unspecified atom stereocenters. The molecule has 26 heavy (non-hydrogen) atoms. The molecule has 0 saturated heterocycles. The summed E-state index contributed by atoms with van der Waals surface area (Å²) in [6.45, 7) is 1.57. The van der Waals surface area contributed by atoms with Crippen LogP contribution >= 0.6 is 23.2 Å². The van der Waals surface area contributed by atoms with Gasteiger partial charge in [-0.2, -0.15) is 0 Å². The van der Waals surface area contributed by atoms with Gasteiger partial charge in [-0.15, -0.1) is 0 Å². The molecule has 1 atom stereocenters. The minimum Gasteiger partial charge on any atom is -0.465 e. The number of fused-ring (bicyclic) bond motifs is 1. The summed E-state index contributed by atoms with van der Waals surface area (Å²) in [6.07, 6.45) is -1.25. The Morgan fingerprint density at radius 3 is 2.62 bits per heavy atom. The van der Waals surface area contributed by atoms with E-state index in [2.05, 4.69) is 10.3 Å². The molecule has 0 fully saturated rings. The molecule has 0 spiro atoms. The summed E-state index contributed by atoms with van der Waals surface area (Å²) < 4.78 is 1.28. The van der Waals surface area contributed by atoms with E-state index in [1.54, 1.807) is 31.2 Å². The van der Waals surface area contributed by atoms with E-state index in [0.29, 0.717) is 11.4 Å². The van der Waals surface area contributed by atoms with Crippen molar-refractivity contribution in [3.8, 4) is 5.69 Å². The maximum absolute atomic E-state index is 13.2. The monoisotopic (exact) mass is 392 g/mol. The summed E-state index contributed by atoms with van der Waals surface area (Å²) >= 11 is 12.4. The highest BCUT2D eigenvalue weighted by molar-refractivity contribution is 6.39. The summed E-state index contributed by atoms with van der Waals surface area (Å²) in [4.78, 5) is 28.7. The molecule has 0 aliphatic heterocycles. The maximum atomic E-state index is 13.2. The van der Waals surface area contributed by atoms with Crippen LogP contribution < -0.4 is 16.6 Å². The number of anilines is 1. The molecule has 2 aromatic carbocycles. The molecular weight excluding hydrogens is 379 g/mol. The average Bonchev–Trinajstić information content (AvgIpc) is 2.57. The third-order valence-electron chi connectivity index (χ3n) is 3.81. The van der Waals surface area contributed by atoms with Crippen LogP contribution in [-0.2, 0) is 0 Å². The SMILES string of the molecule is CC(NC(=O)O)c1nc2c(Cl)ccc(Cl)c2c(=O)n1-c1cccc(N)c1. The number of benzene rings is 2. The fraction of sp³-hybridized carbons (Fsp3) is 0.118. The lowest BCUT2D eigenvalue weighted by molar-refractivity contribution is 0.190. The van der Waals surface area contributed by atoms with Gasteiger partial charge in [-0.25, -0.2) is 9.78 Å². The molecule has 1 aromatic heterocycles. The van der Waals surface area contributed by atoms with E-state index in [-0.39, 0.29) is 26.8 Å². The van der Waals surface area contributed by atoms with E-state index < -0.39 is 17.7 Å². The van der Waals surface area contributed by atoms with Crippen molar-refractivity contribution >= 4 is 45.9 Å². The Bertz CT molecular complexity index is 1080. The second-order valence-corrected chi connectivity index (χ2v) is 6.44. The van der Waals surface area contributed by atoms with Gasteiger partial charge in [0.25, 0.3) is 5.56 Å². The largest absolute Gasteiger partial charge is 0.465 e. The van der Waals surface area contributed by atoms with E-state index in [0.717, 1.165) is 0 Å². The number of rotatable bonds is 3. The minimum atomic E-state index is -1.25. The Balaban J connectivity index is 2.43. The molecule has 0 aliphatic carbocycles. The number of hydrogen-bond donors (Lipinski definition) is 3. The molecular formula is C17H14Cl2N4O3. The average molecular weight is 393 g/mol. The normalized spacial score (nSPS) is 12.1. The van der Waals surface area contributed by atoms with Crippen LogP contribution in [0.3, 0.4) is 0 Å². The van der Waals surface area contributed by atoms with Gasteiger partial charge in [-0.3, -0.25) is 9.36 Å². The maximum Gasteiger partial charge on any atom is 0.405 e. The molecule has 9 heteroatoms. The Kier molecular flexibility index (Phi) is 4.76. The van der Waals surface area contributed by atoms with Crippen molar-refractivity contribution in [2.24, 2.45) is 0 Å². The second-order valence-electron chi connectivity index (χ2n) is 5.63. The van der Waals surface area contributed by atoms with E-state index in [9.17, 15) is 9.59 Å². The molecule has 3 aromatic rings. The first-order valence-electron chi connectivity index (χ1n) is 7.55. The summed E-state index contributed by atoms with van der Waals surface area (Å²) in [6, 6.07) is 8.86. The number of nitrogen functional groups attached to an aromatic ring is 1. The lowest BCUT2D eigenvalue weighted by atomic mass is 10.2. The van der Waals surface area contributed by atoms with Gasteiger partial charge in [0.05, 0.1) is 32.7 Å². The van der Waals surface area contributed by atoms with Crippen LogP contribution in [0, 0.1) is 0 Å². The van der Waals surface area contributed by atoms with Crippen LogP contribution in [0.5, 0.6) is 0 Å². The van der Waals surface area contributed by atoms with Crippen LogP contribution in [0.2, 0.25) is 10.0 Å². The molecule has 1 heterocycles. The van der Waals surface area contributed by atoms with Crippen LogP contribution in [-0.4, -0.2) is 20.8 Å². The number of carboxylic acid groups (broad SMARTS) is 1. The van der Waals surface area contributed by atoms with Crippen LogP contribution in [0.15, 0.2) is 41.2 Å². The van der Waals surface area contributed by atoms with Crippen molar-refractivity contribution in [1.29, 1.82) is 0 Å². The van der Waals surface area contributed by atoms with Gasteiger partial charge in [-0.05, 0) is 37.3 Å². The van der Waals surface area contributed by atoms with Crippen molar-refractivity contribution in [1.82, 2.24) is 14.9 Å². The van der Waals surface area contributed by atoms with Gasteiger partial charge < -0.3 is 16.2 Å². The van der Waals surface area contributed by atoms with Gasteiger partial charge in [0.15, 0.2) is 0 Å². The molecule has 0 bridgehead atoms. The Morgan fingerprint density at radius 2 is 1.96 bits per heavy atom. The van der Waals surface area contributed by atoms with Crippen molar-refractivity contribution in [2.45, 2.75) is 13.0 Å². The summed E-state index contributed by atoms with van der Waals surface area (Å²) in [5, 5.41) is 11.9. The van der Waals surface area contributed by atoms with Crippen LogP contribution in [0.1, 0.15) is 18.8 Å². The third kappa shape index (κ3) is 3.18. The Morgan fingerprint density at radius 1 is 1.27 bits per heavy atom. The zero-order valence-electron chi connectivity index (χ0n) is 13.5. The molecule has 4 N–H and O–H groups in total. The molecule has 134 valence electrons. The number of nitrogens with two attached hydrogens (primary N) is 1. The molecule has 0 radical (unpaired) electrons. The van der Waals surface area contributed by atoms with Gasteiger partial charge >= 0.3 is 6.09 Å². The van der Waals surface area contributed by atoms with Crippen molar-refractivity contribution < 1.29 is 9.90 Å². The Labute approximate surface area is 158 Å². The number of nitrogens with zero attached hydrogens (tertiary/aromatic N) is 2. The molecule has 1 amide bonds. The van der Waals surface area contributed by atoms with Crippen LogP contribution in [0.4, 0.5) is 10.5 Å². The quantitative estimate of drug-likeness (QED) is 0.589. The third-order valence-corrected chi connectivity index (χ3v) is 4.43. The van der Waals surface area contributed by atoms with E-state index in [1.165, 1.54) is 16.7 Å². The van der Waals surface area contributed by atoms with E-state index in [1.807, 2.05) is 0 Å². The van der Waals surface area contributed by atoms with Gasteiger partial charge in [-0.1, -0.05) is 29.3 Å². The van der Waals surface area contributed by atoms with Crippen molar-refractivity contribution in [3.05, 3.63) is 62.6 Å². The number of halogens is 2. The number of hydrogen-bond acceptors (Lipinski definition) is 4.